The van der Waals surface area contributed by atoms with E-state index in [0.29, 0.717) is 11.8 Å². The van der Waals surface area contributed by atoms with Gasteiger partial charge in [0.05, 0.1) is 0 Å². The number of hydrogen-bond acceptors (Lipinski definition) is 4. The maximum Gasteiger partial charge on any atom is 0.291 e. The summed E-state index contributed by atoms with van der Waals surface area (Å²) in [6, 6.07) is 0.102. The average molecular weight is 265 g/mol. The van der Waals surface area contributed by atoms with E-state index in [-0.39, 0.29) is 17.8 Å². The first-order chi connectivity index (χ1) is 8.97. The number of amides is 1. The molecule has 1 aromatic heterocycles. The third-order valence-corrected chi connectivity index (χ3v) is 3.35. The normalized spacial score (nSPS) is 16.9. The molecule has 1 saturated carbocycles. The van der Waals surface area contributed by atoms with Crippen molar-refractivity contribution in [1.29, 1.82) is 0 Å². The minimum absolute atomic E-state index is 0.102. The highest BCUT2D eigenvalue weighted by molar-refractivity contribution is 5.90. The lowest BCUT2D eigenvalue weighted by Crippen LogP contribution is -2.45. The van der Waals surface area contributed by atoms with E-state index in [4.69, 9.17) is 0 Å². The topological polar surface area (TPSA) is 73.9 Å². The Labute approximate surface area is 114 Å². The molecule has 1 heterocycles. The molecule has 106 valence electrons. The van der Waals surface area contributed by atoms with Gasteiger partial charge in [-0.1, -0.05) is 13.8 Å². The lowest BCUT2D eigenvalue weighted by atomic mass is 10.0. The van der Waals surface area contributed by atoms with Gasteiger partial charge < -0.3 is 10.2 Å². The summed E-state index contributed by atoms with van der Waals surface area (Å²) in [6.45, 7) is 5.01. The van der Waals surface area contributed by atoms with Crippen LogP contribution < -0.4 is 5.32 Å². The molecule has 0 aliphatic heterocycles. The number of hydrogen-bond donors (Lipinski definition) is 2. The zero-order valence-corrected chi connectivity index (χ0v) is 12.1. The molecule has 6 heteroatoms. The van der Waals surface area contributed by atoms with E-state index in [1.54, 1.807) is 0 Å². The van der Waals surface area contributed by atoms with Crippen LogP contribution in [0.5, 0.6) is 0 Å². The molecule has 0 saturated heterocycles. The molecule has 19 heavy (non-hydrogen) atoms. The van der Waals surface area contributed by atoms with Crippen LogP contribution in [0.25, 0.3) is 0 Å². The van der Waals surface area contributed by atoms with Gasteiger partial charge in [-0.25, -0.2) is 4.98 Å². The van der Waals surface area contributed by atoms with Gasteiger partial charge in [0.2, 0.25) is 5.82 Å². The minimum atomic E-state index is -0.191. The Morgan fingerprint density at radius 1 is 1.47 bits per heavy atom. The highest BCUT2D eigenvalue weighted by atomic mass is 16.2. The Kier molecular flexibility index (Phi) is 4.19. The van der Waals surface area contributed by atoms with Crippen LogP contribution >= 0.6 is 0 Å². The Morgan fingerprint density at radius 2 is 2.16 bits per heavy atom. The largest absolute Gasteiger partial charge is 0.345 e. The lowest BCUT2D eigenvalue weighted by molar-refractivity contribution is 0.0906. The van der Waals surface area contributed by atoms with E-state index in [1.165, 1.54) is 0 Å². The average Bonchev–Trinajstić information content (AvgIpc) is 3.05. The van der Waals surface area contributed by atoms with Crippen LogP contribution in [0.1, 0.15) is 49.1 Å². The SMILES string of the molecule is CC(C)C(CN(C)C)NC(=O)c1n[nH]c(C2CC2)n1. The molecule has 1 unspecified atom stereocenters. The molecule has 1 amide bonds. The van der Waals surface area contributed by atoms with E-state index in [2.05, 4.69) is 39.2 Å². The quantitative estimate of drug-likeness (QED) is 0.804. The third kappa shape index (κ3) is 3.76. The van der Waals surface area contributed by atoms with E-state index in [1.807, 2.05) is 14.1 Å². The Balaban J connectivity index is 1.97. The fourth-order valence-electron chi connectivity index (χ4n) is 1.96. The van der Waals surface area contributed by atoms with E-state index < -0.39 is 0 Å². The standard InChI is InChI=1S/C13H23N5O/c1-8(2)10(7-18(3)4)14-13(19)12-15-11(16-17-12)9-5-6-9/h8-10H,5-7H2,1-4H3,(H,14,19)(H,15,16,17). The van der Waals surface area contributed by atoms with Crippen LogP contribution in [0.2, 0.25) is 0 Å². The first-order valence-corrected chi connectivity index (χ1v) is 6.85. The van der Waals surface area contributed by atoms with Gasteiger partial charge in [0.15, 0.2) is 0 Å². The van der Waals surface area contributed by atoms with Crippen molar-refractivity contribution >= 4 is 5.91 Å². The van der Waals surface area contributed by atoms with Crippen molar-refractivity contribution in [2.45, 2.75) is 38.6 Å². The number of carbonyl (C=O) groups is 1. The minimum Gasteiger partial charge on any atom is -0.345 e. The molecular weight excluding hydrogens is 242 g/mol. The fraction of sp³-hybridized carbons (Fsp3) is 0.769. The number of aromatic nitrogens is 3. The molecule has 0 radical (unpaired) electrons. The van der Waals surface area contributed by atoms with Crippen molar-refractivity contribution in [3.05, 3.63) is 11.6 Å². The summed E-state index contributed by atoms with van der Waals surface area (Å²) in [5.74, 6) is 1.76. The third-order valence-electron chi connectivity index (χ3n) is 3.35. The number of nitrogens with one attached hydrogen (secondary N) is 2. The number of H-pyrrole nitrogens is 1. The number of nitrogens with zero attached hydrogens (tertiary/aromatic N) is 3. The summed E-state index contributed by atoms with van der Waals surface area (Å²) in [4.78, 5) is 18.5. The van der Waals surface area contributed by atoms with Crippen LogP contribution in [-0.2, 0) is 0 Å². The first-order valence-electron chi connectivity index (χ1n) is 6.85. The number of aromatic amines is 1. The van der Waals surface area contributed by atoms with Crippen molar-refractivity contribution in [1.82, 2.24) is 25.4 Å². The first kappa shape index (κ1) is 14.0. The Hall–Kier alpha value is -1.43. The van der Waals surface area contributed by atoms with Crippen LogP contribution in [0.4, 0.5) is 0 Å². The molecule has 1 atom stereocenters. The Bertz CT molecular complexity index is 436. The molecule has 1 aliphatic carbocycles. The maximum absolute atomic E-state index is 12.1. The number of rotatable bonds is 6. The molecule has 6 nitrogen and oxygen atoms in total. The van der Waals surface area contributed by atoms with E-state index >= 15 is 0 Å². The summed E-state index contributed by atoms with van der Waals surface area (Å²) in [6.07, 6.45) is 2.29. The van der Waals surface area contributed by atoms with Gasteiger partial charge in [-0.3, -0.25) is 9.89 Å². The summed E-state index contributed by atoms with van der Waals surface area (Å²) >= 11 is 0. The second-order valence-electron chi connectivity index (χ2n) is 5.90. The van der Waals surface area contributed by atoms with Crippen molar-refractivity contribution < 1.29 is 4.79 Å². The van der Waals surface area contributed by atoms with Crippen LogP contribution in [0, 0.1) is 5.92 Å². The van der Waals surface area contributed by atoms with Crippen molar-refractivity contribution in [3.8, 4) is 0 Å². The molecule has 0 bridgehead atoms. The lowest BCUT2D eigenvalue weighted by Gasteiger charge is -2.25. The molecular formula is C13H23N5O. The van der Waals surface area contributed by atoms with E-state index in [9.17, 15) is 4.79 Å². The Morgan fingerprint density at radius 3 is 2.68 bits per heavy atom. The molecule has 2 rings (SSSR count). The highest BCUT2D eigenvalue weighted by Gasteiger charge is 2.28. The van der Waals surface area contributed by atoms with Crippen LogP contribution in [0.15, 0.2) is 0 Å². The van der Waals surface area contributed by atoms with Crippen LogP contribution in [-0.4, -0.2) is 52.7 Å². The summed E-state index contributed by atoms with van der Waals surface area (Å²) in [5.41, 5.74) is 0. The van der Waals surface area contributed by atoms with Gasteiger partial charge in [0.1, 0.15) is 5.82 Å². The molecule has 1 fully saturated rings. The van der Waals surface area contributed by atoms with Crippen molar-refractivity contribution in [2.75, 3.05) is 20.6 Å². The molecule has 1 aromatic rings. The second-order valence-corrected chi connectivity index (χ2v) is 5.90. The zero-order chi connectivity index (χ0) is 14.0. The monoisotopic (exact) mass is 265 g/mol. The second kappa shape index (κ2) is 5.69. The predicted octanol–water partition coefficient (Wildman–Crippen LogP) is 0.998. The van der Waals surface area contributed by atoms with Crippen molar-refractivity contribution in [2.24, 2.45) is 5.92 Å². The summed E-state index contributed by atoms with van der Waals surface area (Å²) < 4.78 is 0. The maximum atomic E-state index is 12.1. The van der Waals surface area contributed by atoms with Crippen LogP contribution in [0.3, 0.4) is 0 Å². The predicted molar refractivity (Wildman–Crippen MR) is 73.0 cm³/mol. The zero-order valence-electron chi connectivity index (χ0n) is 12.1. The number of carbonyl (C=O) groups excluding carboxylic acids is 1. The van der Waals surface area contributed by atoms with Gasteiger partial charge in [0, 0.05) is 18.5 Å². The molecule has 2 N–H and O–H groups in total. The van der Waals surface area contributed by atoms with Gasteiger partial charge in [-0.05, 0) is 32.9 Å². The smallest absolute Gasteiger partial charge is 0.291 e. The molecule has 1 aliphatic rings. The van der Waals surface area contributed by atoms with Gasteiger partial charge in [-0.2, -0.15) is 0 Å². The molecule has 0 aromatic carbocycles. The van der Waals surface area contributed by atoms with Crippen molar-refractivity contribution in [3.63, 3.8) is 0 Å². The van der Waals surface area contributed by atoms with Gasteiger partial charge >= 0.3 is 0 Å². The van der Waals surface area contributed by atoms with E-state index in [0.717, 1.165) is 25.2 Å². The molecule has 0 spiro atoms. The fourth-order valence-corrected chi connectivity index (χ4v) is 1.96. The summed E-state index contributed by atoms with van der Waals surface area (Å²) in [5, 5.41) is 9.88. The van der Waals surface area contributed by atoms with Gasteiger partial charge in [-0.15, -0.1) is 5.10 Å². The highest BCUT2D eigenvalue weighted by Crippen LogP contribution is 2.37. The summed E-state index contributed by atoms with van der Waals surface area (Å²) in [7, 11) is 4.00. The number of likely N-dealkylation sites (N-methyl/N-ethyl adjacent to an activating group) is 1. The van der Waals surface area contributed by atoms with Gasteiger partial charge in [0.25, 0.3) is 5.91 Å².